The number of pyridine rings is 1. The maximum atomic E-state index is 8.75. The van der Waals surface area contributed by atoms with Crippen molar-refractivity contribution < 1.29 is 9.47 Å². The van der Waals surface area contributed by atoms with Crippen molar-refractivity contribution in [3.63, 3.8) is 0 Å². The zero-order valence-electron chi connectivity index (χ0n) is 10.7. The maximum Gasteiger partial charge on any atom is 0.148 e. The van der Waals surface area contributed by atoms with Crippen LogP contribution in [0.25, 0.3) is 10.9 Å². The number of nitrogens with zero attached hydrogens (tertiary/aromatic N) is 2. The average molecular weight is 242 g/mol. The van der Waals surface area contributed by atoms with Gasteiger partial charge in [0.15, 0.2) is 0 Å². The first-order valence-corrected chi connectivity index (χ1v) is 5.58. The van der Waals surface area contributed by atoms with Crippen LogP contribution >= 0.6 is 0 Å². The Kier molecular flexibility index (Phi) is 3.33. The van der Waals surface area contributed by atoms with E-state index in [0.29, 0.717) is 12.2 Å². The zero-order chi connectivity index (χ0) is 13.1. The van der Waals surface area contributed by atoms with Crippen molar-refractivity contribution in [1.82, 2.24) is 4.98 Å². The highest BCUT2D eigenvalue weighted by Crippen LogP contribution is 2.31. The van der Waals surface area contributed by atoms with Crippen LogP contribution in [0.15, 0.2) is 18.2 Å². The number of rotatable bonds is 3. The summed E-state index contributed by atoms with van der Waals surface area (Å²) in [4.78, 5) is 4.47. The van der Waals surface area contributed by atoms with Crippen molar-refractivity contribution in [3.8, 4) is 17.6 Å². The van der Waals surface area contributed by atoms with Gasteiger partial charge in [-0.2, -0.15) is 5.26 Å². The topological polar surface area (TPSA) is 55.1 Å². The summed E-state index contributed by atoms with van der Waals surface area (Å²) in [6.45, 7) is 1.99. The van der Waals surface area contributed by atoms with Gasteiger partial charge in [-0.3, -0.25) is 0 Å². The van der Waals surface area contributed by atoms with E-state index in [9.17, 15) is 0 Å². The molecule has 1 aromatic carbocycles. The van der Waals surface area contributed by atoms with Crippen LogP contribution < -0.4 is 9.47 Å². The van der Waals surface area contributed by atoms with Crippen molar-refractivity contribution in [2.45, 2.75) is 13.3 Å². The highest BCUT2D eigenvalue weighted by molar-refractivity contribution is 5.89. The van der Waals surface area contributed by atoms with Gasteiger partial charge in [-0.25, -0.2) is 4.98 Å². The second-order valence-corrected chi connectivity index (χ2v) is 3.99. The van der Waals surface area contributed by atoms with Gasteiger partial charge in [-0.05, 0) is 24.6 Å². The zero-order valence-corrected chi connectivity index (χ0v) is 10.7. The van der Waals surface area contributed by atoms with Crippen molar-refractivity contribution in [2.75, 3.05) is 14.2 Å². The minimum Gasteiger partial charge on any atom is -0.497 e. The molecule has 0 atom stereocenters. The Balaban J connectivity index is 2.75. The Morgan fingerprint density at radius 2 is 2.00 bits per heavy atom. The number of methoxy groups -OCH3 is 2. The molecule has 0 radical (unpaired) electrons. The number of aromatic nitrogens is 1. The molecule has 18 heavy (non-hydrogen) atoms. The Labute approximate surface area is 106 Å². The van der Waals surface area contributed by atoms with Crippen LogP contribution in [0.5, 0.6) is 11.5 Å². The van der Waals surface area contributed by atoms with Gasteiger partial charge in [0, 0.05) is 11.5 Å². The fourth-order valence-electron chi connectivity index (χ4n) is 1.95. The molecule has 2 rings (SSSR count). The van der Waals surface area contributed by atoms with Gasteiger partial charge < -0.3 is 9.47 Å². The van der Waals surface area contributed by atoms with E-state index in [0.717, 1.165) is 27.9 Å². The molecular weight excluding hydrogens is 228 g/mol. The highest BCUT2D eigenvalue weighted by atomic mass is 16.5. The molecule has 0 spiro atoms. The summed E-state index contributed by atoms with van der Waals surface area (Å²) in [7, 11) is 3.22. The molecule has 92 valence electrons. The molecule has 0 bridgehead atoms. The van der Waals surface area contributed by atoms with Crippen molar-refractivity contribution in [2.24, 2.45) is 0 Å². The summed E-state index contributed by atoms with van der Waals surface area (Å²) in [6, 6.07) is 7.75. The van der Waals surface area contributed by atoms with Crippen LogP contribution in [-0.2, 0) is 6.42 Å². The summed E-state index contributed by atoms with van der Waals surface area (Å²) < 4.78 is 10.6. The van der Waals surface area contributed by atoms with Crippen LogP contribution in [0.4, 0.5) is 0 Å². The second-order valence-electron chi connectivity index (χ2n) is 3.99. The molecule has 1 heterocycles. The standard InChI is InChI=1S/C14H14N2O2/c1-9-6-10(4-5-15)16-14-12(9)7-11(17-2)8-13(14)18-3/h6-8H,4H2,1-3H3. The third-order valence-corrected chi connectivity index (χ3v) is 2.83. The van der Waals surface area contributed by atoms with E-state index in [4.69, 9.17) is 14.7 Å². The maximum absolute atomic E-state index is 8.75. The fourth-order valence-corrected chi connectivity index (χ4v) is 1.95. The predicted octanol–water partition coefficient (Wildman–Crippen LogP) is 2.63. The number of nitriles is 1. The fraction of sp³-hybridized carbons (Fsp3) is 0.286. The van der Waals surface area contributed by atoms with E-state index in [1.807, 2.05) is 19.1 Å². The van der Waals surface area contributed by atoms with E-state index in [-0.39, 0.29) is 0 Å². The van der Waals surface area contributed by atoms with Gasteiger partial charge in [0.2, 0.25) is 0 Å². The minimum absolute atomic E-state index is 0.298. The van der Waals surface area contributed by atoms with Crippen LogP contribution in [0, 0.1) is 18.3 Å². The molecule has 0 unspecified atom stereocenters. The van der Waals surface area contributed by atoms with Crippen LogP contribution in [0.3, 0.4) is 0 Å². The molecule has 4 nitrogen and oxygen atoms in total. The third kappa shape index (κ3) is 2.07. The molecule has 0 aliphatic rings. The summed E-state index contributed by atoms with van der Waals surface area (Å²) in [6.07, 6.45) is 0.298. The molecule has 0 aliphatic carbocycles. The monoisotopic (exact) mass is 242 g/mol. The first-order valence-electron chi connectivity index (χ1n) is 5.58. The molecule has 0 saturated carbocycles. The van der Waals surface area contributed by atoms with Crippen molar-refractivity contribution in [1.29, 1.82) is 5.26 Å². The molecule has 4 heteroatoms. The number of ether oxygens (including phenoxy) is 2. The second kappa shape index (κ2) is 4.92. The van der Waals surface area contributed by atoms with Crippen LogP contribution in [0.2, 0.25) is 0 Å². The van der Waals surface area contributed by atoms with Crippen LogP contribution in [0.1, 0.15) is 11.3 Å². The summed E-state index contributed by atoms with van der Waals surface area (Å²) in [5, 5.41) is 9.73. The third-order valence-electron chi connectivity index (χ3n) is 2.83. The molecular formula is C14H14N2O2. The number of benzene rings is 1. The lowest BCUT2D eigenvalue weighted by Crippen LogP contribution is -1.96. The van der Waals surface area contributed by atoms with Gasteiger partial charge in [0.1, 0.15) is 17.0 Å². The van der Waals surface area contributed by atoms with Gasteiger partial charge >= 0.3 is 0 Å². The van der Waals surface area contributed by atoms with E-state index >= 15 is 0 Å². The largest absolute Gasteiger partial charge is 0.497 e. The predicted molar refractivity (Wildman–Crippen MR) is 68.9 cm³/mol. The first kappa shape index (κ1) is 12.2. The van der Waals surface area contributed by atoms with Crippen LogP contribution in [-0.4, -0.2) is 19.2 Å². The normalized spacial score (nSPS) is 10.1. The van der Waals surface area contributed by atoms with Gasteiger partial charge in [0.05, 0.1) is 32.4 Å². The number of hydrogen-bond donors (Lipinski definition) is 0. The Hall–Kier alpha value is -2.28. The summed E-state index contributed by atoms with van der Waals surface area (Å²) in [5.41, 5.74) is 2.58. The van der Waals surface area contributed by atoms with E-state index < -0.39 is 0 Å². The molecule has 0 fully saturated rings. The Bertz CT molecular complexity index is 630. The average Bonchev–Trinajstić information content (AvgIpc) is 2.38. The SMILES string of the molecule is COc1cc(OC)c2nc(CC#N)cc(C)c2c1. The smallest absolute Gasteiger partial charge is 0.148 e. The summed E-state index contributed by atoms with van der Waals surface area (Å²) in [5.74, 6) is 1.39. The Morgan fingerprint density at radius 1 is 1.22 bits per heavy atom. The number of hydrogen-bond acceptors (Lipinski definition) is 4. The summed E-state index contributed by atoms with van der Waals surface area (Å²) >= 11 is 0. The number of fused-ring (bicyclic) bond motifs is 1. The lowest BCUT2D eigenvalue weighted by molar-refractivity contribution is 0.397. The van der Waals surface area contributed by atoms with Crippen molar-refractivity contribution >= 4 is 10.9 Å². The van der Waals surface area contributed by atoms with Gasteiger partial charge in [0.25, 0.3) is 0 Å². The molecule has 0 aliphatic heterocycles. The van der Waals surface area contributed by atoms with E-state index in [1.165, 1.54) is 0 Å². The lowest BCUT2D eigenvalue weighted by Gasteiger charge is -2.11. The quantitative estimate of drug-likeness (QED) is 0.830. The molecule has 0 amide bonds. The van der Waals surface area contributed by atoms with Gasteiger partial charge in [-0.15, -0.1) is 0 Å². The molecule has 1 aromatic heterocycles. The highest BCUT2D eigenvalue weighted by Gasteiger charge is 2.10. The number of aryl methyl sites for hydroxylation is 1. The van der Waals surface area contributed by atoms with E-state index in [1.54, 1.807) is 20.3 Å². The van der Waals surface area contributed by atoms with Gasteiger partial charge in [-0.1, -0.05) is 0 Å². The van der Waals surface area contributed by atoms with Crippen molar-refractivity contribution in [3.05, 3.63) is 29.5 Å². The molecule has 0 N–H and O–H groups in total. The molecule has 0 saturated heterocycles. The Morgan fingerprint density at radius 3 is 2.61 bits per heavy atom. The minimum atomic E-state index is 0.298. The molecule has 2 aromatic rings. The first-order chi connectivity index (χ1) is 8.69. The van der Waals surface area contributed by atoms with E-state index in [2.05, 4.69) is 11.1 Å². The lowest BCUT2D eigenvalue weighted by atomic mass is 10.1.